The van der Waals surface area contributed by atoms with E-state index in [0.29, 0.717) is 34.1 Å². The number of aromatic hydroxyl groups is 1. The van der Waals surface area contributed by atoms with Crippen LogP contribution in [0.4, 0.5) is 0 Å². The molecule has 0 fully saturated rings. The highest BCUT2D eigenvalue weighted by atomic mass is 16.5. The third kappa shape index (κ3) is 3.65. The zero-order valence-corrected chi connectivity index (χ0v) is 14.2. The molecule has 24 heavy (non-hydrogen) atoms. The van der Waals surface area contributed by atoms with Crippen LogP contribution in [-0.2, 0) is 6.42 Å². The van der Waals surface area contributed by atoms with Gasteiger partial charge in [-0.05, 0) is 29.3 Å². The van der Waals surface area contributed by atoms with Gasteiger partial charge in [0, 0.05) is 12.5 Å². The van der Waals surface area contributed by atoms with Crippen LogP contribution >= 0.6 is 0 Å². The van der Waals surface area contributed by atoms with E-state index in [1.54, 1.807) is 24.3 Å². The highest BCUT2D eigenvalue weighted by Crippen LogP contribution is 2.40. The highest BCUT2D eigenvalue weighted by molar-refractivity contribution is 5.54. The molecule has 130 valence electrons. The normalized spacial score (nSPS) is 11.7. The van der Waals surface area contributed by atoms with Gasteiger partial charge in [0.05, 0.1) is 34.5 Å². The van der Waals surface area contributed by atoms with Crippen LogP contribution in [0.1, 0.15) is 17.2 Å². The summed E-state index contributed by atoms with van der Waals surface area (Å²) in [5, 5.41) is 20.6. The summed E-state index contributed by atoms with van der Waals surface area (Å²) in [6.07, 6.45) is -0.618. The van der Waals surface area contributed by atoms with Crippen molar-refractivity contribution in [3.8, 4) is 28.7 Å². The summed E-state index contributed by atoms with van der Waals surface area (Å²) in [6.45, 7) is 0. The lowest BCUT2D eigenvalue weighted by Crippen LogP contribution is -2.04. The number of ether oxygens (including phenoxy) is 4. The topological polar surface area (TPSA) is 77.4 Å². The summed E-state index contributed by atoms with van der Waals surface area (Å²) in [5.41, 5.74) is 1.21. The lowest BCUT2D eigenvalue weighted by Gasteiger charge is -2.17. The van der Waals surface area contributed by atoms with Crippen molar-refractivity contribution < 1.29 is 29.2 Å². The first-order valence-corrected chi connectivity index (χ1v) is 7.37. The van der Waals surface area contributed by atoms with Gasteiger partial charge in [-0.1, -0.05) is 6.07 Å². The fraction of sp³-hybridized carbons (Fsp3) is 0.333. The molecule has 0 saturated heterocycles. The SMILES string of the molecule is COc1ccc(C[C@@H](O)c2cc(OC)c(OC)c(OC)c2)c(O)c1. The molecule has 6 nitrogen and oxygen atoms in total. The van der Waals surface area contributed by atoms with Gasteiger partial charge in [-0.25, -0.2) is 0 Å². The minimum Gasteiger partial charge on any atom is -0.508 e. The first-order chi connectivity index (χ1) is 11.5. The molecule has 0 saturated carbocycles. The van der Waals surface area contributed by atoms with Crippen LogP contribution in [0.15, 0.2) is 30.3 Å². The summed E-state index contributed by atoms with van der Waals surface area (Å²) in [5.74, 6) is 2.01. The second kappa shape index (κ2) is 7.79. The Balaban J connectivity index is 2.31. The zero-order valence-electron chi connectivity index (χ0n) is 14.2. The average Bonchev–Trinajstić information content (AvgIpc) is 2.61. The maximum Gasteiger partial charge on any atom is 0.203 e. The minimum atomic E-state index is -0.849. The monoisotopic (exact) mass is 334 g/mol. The van der Waals surface area contributed by atoms with Crippen molar-refractivity contribution >= 4 is 0 Å². The fourth-order valence-corrected chi connectivity index (χ4v) is 2.46. The average molecular weight is 334 g/mol. The van der Waals surface area contributed by atoms with E-state index in [4.69, 9.17) is 18.9 Å². The summed E-state index contributed by atoms with van der Waals surface area (Å²) in [4.78, 5) is 0. The van der Waals surface area contributed by atoms with Crippen LogP contribution < -0.4 is 18.9 Å². The van der Waals surface area contributed by atoms with Gasteiger partial charge < -0.3 is 29.2 Å². The second-order valence-corrected chi connectivity index (χ2v) is 5.17. The van der Waals surface area contributed by atoms with Gasteiger partial charge in [-0.2, -0.15) is 0 Å². The number of aliphatic hydroxyl groups is 1. The number of phenolic OH excluding ortho intramolecular Hbond substituents is 1. The largest absolute Gasteiger partial charge is 0.508 e. The zero-order chi connectivity index (χ0) is 17.7. The number of phenols is 1. The van der Waals surface area contributed by atoms with Crippen LogP contribution in [0.3, 0.4) is 0 Å². The Morgan fingerprint density at radius 1 is 0.875 bits per heavy atom. The fourth-order valence-electron chi connectivity index (χ4n) is 2.46. The van der Waals surface area contributed by atoms with Gasteiger partial charge in [0.2, 0.25) is 5.75 Å². The van der Waals surface area contributed by atoms with Crippen molar-refractivity contribution in [3.63, 3.8) is 0 Å². The Morgan fingerprint density at radius 2 is 1.50 bits per heavy atom. The van der Waals surface area contributed by atoms with Crippen LogP contribution in [0.5, 0.6) is 28.7 Å². The van der Waals surface area contributed by atoms with Crippen molar-refractivity contribution in [1.82, 2.24) is 0 Å². The first-order valence-electron chi connectivity index (χ1n) is 7.37. The predicted molar refractivity (Wildman–Crippen MR) is 89.4 cm³/mol. The lowest BCUT2D eigenvalue weighted by molar-refractivity contribution is 0.176. The van der Waals surface area contributed by atoms with Gasteiger partial charge in [-0.3, -0.25) is 0 Å². The van der Waals surface area contributed by atoms with E-state index >= 15 is 0 Å². The Kier molecular flexibility index (Phi) is 5.76. The van der Waals surface area contributed by atoms with Crippen molar-refractivity contribution in [2.24, 2.45) is 0 Å². The van der Waals surface area contributed by atoms with Crippen molar-refractivity contribution in [2.75, 3.05) is 28.4 Å². The van der Waals surface area contributed by atoms with Crippen LogP contribution in [-0.4, -0.2) is 38.7 Å². The molecule has 0 heterocycles. The van der Waals surface area contributed by atoms with E-state index < -0.39 is 6.10 Å². The quantitative estimate of drug-likeness (QED) is 0.811. The Labute approximate surface area is 141 Å². The number of hydrogen-bond acceptors (Lipinski definition) is 6. The van der Waals surface area contributed by atoms with E-state index in [0.717, 1.165) is 0 Å². The first kappa shape index (κ1) is 17.7. The molecular weight excluding hydrogens is 312 g/mol. The molecule has 0 aliphatic rings. The number of benzene rings is 2. The highest BCUT2D eigenvalue weighted by Gasteiger charge is 2.18. The van der Waals surface area contributed by atoms with E-state index in [2.05, 4.69) is 0 Å². The number of methoxy groups -OCH3 is 4. The van der Waals surface area contributed by atoms with Crippen molar-refractivity contribution in [1.29, 1.82) is 0 Å². The smallest absolute Gasteiger partial charge is 0.203 e. The minimum absolute atomic E-state index is 0.0702. The summed E-state index contributed by atoms with van der Waals surface area (Å²) >= 11 is 0. The molecule has 0 amide bonds. The van der Waals surface area contributed by atoms with Gasteiger partial charge in [0.15, 0.2) is 11.5 Å². The maximum atomic E-state index is 10.5. The lowest BCUT2D eigenvalue weighted by atomic mass is 10.00. The molecular formula is C18H22O6. The number of rotatable bonds is 7. The van der Waals surface area contributed by atoms with Crippen LogP contribution in [0.2, 0.25) is 0 Å². The molecule has 0 bridgehead atoms. The standard InChI is InChI=1S/C18H22O6/c1-21-13-6-5-11(15(20)10-13)7-14(19)12-8-16(22-2)18(24-4)17(9-12)23-3/h5-6,8-10,14,19-20H,7H2,1-4H3/t14-/m1/s1. The van der Waals surface area contributed by atoms with Gasteiger partial charge in [-0.15, -0.1) is 0 Å². The van der Waals surface area contributed by atoms with Gasteiger partial charge in [0.25, 0.3) is 0 Å². The van der Waals surface area contributed by atoms with Crippen molar-refractivity contribution in [2.45, 2.75) is 12.5 Å². The molecule has 1 atom stereocenters. The van der Waals surface area contributed by atoms with E-state index in [-0.39, 0.29) is 12.2 Å². The summed E-state index contributed by atoms with van der Waals surface area (Å²) in [6, 6.07) is 8.34. The third-order valence-corrected chi connectivity index (χ3v) is 3.78. The van der Waals surface area contributed by atoms with Gasteiger partial charge in [0.1, 0.15) is 11.5 Å². The summed E-state index contributed by atoms with van der Waals surface area (Å²) < 4.78 is 20.9. The van der Waals surface area contributed by atoms with Crippen LogP contribution in [0, 0.1) is 0 Å². The number of hydrogen-bond donors (Lipinski definition) is 2. The molecule has 0 spiro atoms. The second-order valence-electron chi connectivity index (χ2n) is 5.17. The Hall–Kier alpha value is -2.60. The molecule has 0 aliphatic carbocycles. The molecule has 2 N–H and O–H groups in total. The van der Waals surface area contributed by atoms with E-state index in [9.17, 15) is 10.2 Å². The van der Waals surface area contributed by atoms with Crippen molar-refractivity contribution in [3.05, 3.63) is 41.5 Å². The third-order valence-electron chi connectivity index (χ3n) is 3.78. The molecule has 0 unspecified atom stereocenters. The molecule has 0 radical (unpaired) electrons. The van der Waals surface area contributed by atoms with Gasteiger partial charge >= 0.3 is 0 Å². The molecule has 0 aliphatic heterocycles. The molecule has 2 aromatic carbocycles. The summed E-state index contributed by atoms with van der Waals surface area (Å²) in [7, 11) is 6.08. The molecule has 2 aromatic rings. The molecule has 0 aromatic heterocycles. The number of aliphatic hydroxyl groups excluding tert-OH is 1. The predicted octanol–water partition coefficient (Wildman–Crippen LogP) is 2.70. The van der Waals surface area contributed by atoms with Crippen LogP contribution in [0.25, 0.3) is 0 Å². The van der Waals surface area contributed by atoms with E-state index in [1.807, 2.05) is 0 Å². The molecule has 6 heteroatoms. The Morgan fingerprint density at radius 3 is 1.96 bits per heavy atom. The molecule has 2 rings (SSSR count). The maximum absolute atomic E-state index is 10.5. The Bertz CT molecular complexity index is 673. The van der Waals surface area contributed by atoms with E-state index in [1.165, 1.54) is 34.5 Å².